The Morgan fingerprint density at radius 2 is 0.787 bits per heavy atom. The quantitative estimate of drug-likeness (QED) is 0.0638. The van der Waals surface area contributed by atoms with Crippen molar-refractivity contribution in [1.82, 2.24) is 114 Å². The van der Waals surface area contributed by atoms with E-state index in [1.807, 2.05) is 91.0 Å². The van der Waals surface area contributed by atoms with Crippen LogP contribution in [-0.2, 0) is 32.7 Å². The Balaban J connectivity index is 0.000000115. The molecule has 0 spiro atoms. The van der Waals surface area contributed by atoms with E-state index in [0.717, 1.165) is 85.5 Å². The molecule has 16 heterocycles. The number of anilines is 3. The molecule has 38 heteroatoms. The molecule has 0 saturated heterocycles. The zero-order valence-corrected chi connectivity index (χ0v) is 70.2. The van der Waals surface area contributed by atoms with Crippen LogP contribution < -0.4 is 44.4 Å². The maximum Gasteiger partial charge on any atom is 0.192 e. The molecule has 632 valence electrons. The molecular weight excluding hydrogens is 1690 g/mol. The highest BCUT2D eigenvalue weighted by Gasteiger charge is 2.31. The van der Waals surface area contributed by atoms with Crippen molar-refractivity contribution in [2.75, 3.05) is 44.4 Å². The maximum absolute atomic E-state index is 13.8. The van der Waals surface area contributed by atoms with Crippen molar-refractivity contribution in [2.24, 2.45) is 0 Å². The first-order chi connectivity index (χ1) is 61.8. The minimum atomic E-state index is -0.670. The van der Waals surface area contributed by atoms with Crippen LogP contribution in [0.3, 0.4) is 0 Å². The molecule has 127 heavy (non-hydrogen) atoms. The van der Waals surface area contributed by atoms with Crippen LogP contribution in [0.25, 0.3) is 112 Å². The fourth-order valence-electron chi connectivity index (χ4n) is 14.0. The summed E-state index contributed by atoms with van der Waals surface area (Å²) in [6, 6.07) is 52.1. The molecule has 0 saturated carbocycles. The van der Waals surface area contributed by atoms with Gasteiger partial charge in [0.15, 0.2) is 45.9 Å². The second-order valence-electron chi connectivity index (χ2n) is 29.1. The van der Waals surface area contributed by atoms with Gasteiger partial charge in [0, 0.05) is 94.2 Å². The second-order valence-corrected chi connectivity index (χ2v) is 30.3. The number of benzene rings is 5. The molecular formula is C89H68Cl3F3N26O6. The predicted molar refractivity (Wildman–Crippen MR) is 471 cm³/mol. The van der Waals surface area contributed by atoms with Gasteiger partial charge < -0.3 is 44.4 Å². The van der Waals surface area contributed by atoms with E-state index in [4.69, 9.17) is 68.3 Å². The van der Waals surface area contributed by atoms with E-state index < -0.39 is 17.5 Å². The molecule has 1 aliphatic heterocycles. The summed E-state index contributed by atoms with van der Waals surface area (Å²) < 4.78 is 80.6. The first-order valence-electron chi connectivity index (χ1n) is 39.0. The van der Waals surface area contributed by atoms with Gasteiger partial charge in [-0.15, -0.1) is 40.8 Å². The molecule has 0 bridgehead atoms. The molecule has 32 nitrogen and oxygen atoms in total. The molecule has 0 amide bonds. The molecule has 0 fully saturated rings. The van der Waals surface area contributed by atoms with Crippen LogP contribution >= 0.6 is 34.8 Å². The lowest BCUT2D eigenvalue weighted by Gasteiger charge is -2.16. The monoisotopic (exact) mass is 1760 g/mol. The number of methoxy groups -OCH3 is 4. The highest BCUT2D eigenvalue weighted by molar-refractivity contribution is 6.42. The summed E-state index contributed by atoms with van der Waals surface area (Å²) in [5.41, 5.74) is 16.1. The zero-order valence-electron chi connectivity index (χ0n) is 67.9. The third-order valence-corrected chi connectivity index (χ3v) is 21.1. The lowest BCUT2D eigenvalue weighted by Crippen LogP contribution is -2.24. The molecule has 0 radical (unpaired) electrons. The van der Waals surface area contributed by atoms with Crippen LogP contribution in [-0.4, -0.2) is 148 Å². The van der Waals surface area contributed by atoms with E-state index in [1.54, 1.807) is 140 Å². The number of nitrogens with one attached hydrogen (secondary N) is 3. The summed E-state index contributed by atoms with van der Waals surface area (Å²) in [6.45, 7) is 5.45. The fourth-order valence-corrected chi connectivity index (χ4v) is 14.5. The Morgan fingerprint density at radius 3 is 1.25 bits per heavy atom. The Labute approximate surface area is 732 Å². The van der Waals surface area contributed by atoms with Crippen molar-refractivity contribution in [2.45, 2.75) is 52.1 Å². The van der Waals surface area contributed by atoms with Crippen LogP contribution in [0.2, 0.25) is 15.1 Å². The van der Waals surface area contributed by atoms with Gasteiger partial charge in [0.2, 0.25) is 0 Å². The van der Waals surface area contributed by atoms with Gasteiger partial charge in [0.05, 0.1) is 139 Å². The largest absolute Gasteiger partial charge is 0.497 e. The molecule has 21 rings (SSSR count). The van der Waals surface area contributed by atoms with Crippen molar-refractivity contribution in [3.05, 3.63) is 287 Å². The summed E-state index contributed by atoms with van der Waals surface area (Å²) >= 11 is 18.2. The summed E-state index contributed by atoms with van der Waals surface area (Å²) in [6.07, 6.45) is 12.6. The second kappa shape index (κ2) is 35.6. The van der Waals surface area contributed by atoms with E-state index >= 15 is 0 Å². The Bertz CT molecular complexity index is 7320. The minimum absolute atomic E-state index is 0.181. The average molecular weight is 1760 g/mol. The summed E-state index contributed by atoms with van der Waals surface area (Å²) in [4.78, 5) is 30.7. The number of hydrogen-bond donors (Lipinski definition) is 3. The van der Waals surface area contributed by atoms with Gasteiger partial charge in [-0.05, 0) is 165 Å². The lowest BCUT2D eigenvalue weighted by atomic mass is 9.99. The molecule has 15 aromatic heterocycles. The van der Waals surface area contributed by atoms with Gasteiger partial charge in [-0.2, -0.15) is 38.5 Å². The van der Waals surface area contributed by atoms with Crippen LogP contribution in [0.1, 0.15) is 42.7 Å². The highest BCUT2D eigenvalue weighted by Crippen LogP contribution is 2.39. The van der Waals surface area contributed by atoms with Crippen molar-refractivity contribution in [3.8, 4) is 79.5 Å². The first-order valence-corrected chi connectivity index (χ1v) is 40.2. The zero-order chi connectivity index (χ0) is 87.4. The molecule has 1 aliphatic rings. The smallest absolute Gasteiger partial charge is 0.192 e. The number of halogens is 6. The SMILES string of the molecule is COc1ccc2c(OCc3nnc4ccc(-c5ccc6c(c5)CC(C)(C)O6)nn34)ccnc2c1.COc1cnc2c(NCc3nnc4ccc(-c5cc(F)cc(Cl)c5)nn34)ccnc2c1.COc1cnc2c(NCc3nnc4ccc(-c5cc(F)cc(F)c5)nn34)ccnc2c1.COc1cnc2c(NCc3nnc4ccc(-c5ccc(Cl)c(Cl)c5)nn34)ccnc2c1. The molecule has 5 aromatic carbocycles. The van der Waals surface area contributed by atoms with E-state index in [1.165, 1.54) is 34.3 Å². The third-order valence-electron chi connectivity index (χ3n) is 20.1. The summed E-state index contributed by atoms with van der Waals surface area (Å²) in [7, 11) is 6.39. The van der Waals surface area contributed by atoms with E-state index in [0.29, 0.717) is 148 Å². The predicted octanol–water partition coefficient (Wildman–Crippen LogP) is 17.1. The van der Waals surface area contributed by atoms with E-state index in [-0.39, 0.29) is 12.2 Å². The number of hydrogen-bond acceptors (Lipinski definition) is 28. The standard InChI is InChI=1S/C26H23N5O3.C21H15Cl2N7O.C21H15ClFN7O.C21H15F2N7O/c1-26(2)14-17-12-16(4-8-22(17)34-26)20-7-9-24-28-29-25(31(24)30-20)15-33-23-10-11-27-21-13-18(32-3)5-6-19(21)23;1-31-13-9-18-21(26-10-13)17(6-7-24-18)25-11-20-28-27-19-5-4-16(29-30(19)20)12-2-3-14(22)15(23)8-12;2*1-31-15-9-18-21(26-10-15)17(4-5-24-18)25-11-20-28-27-19-3-2-16(29-30(19)20)12-6-13(22)8-14(23)7-12/h4-13H,14-15H2,1-3H3;3*2-10H,11H2,1H3,(H,24,25). The molecule has 20 aromatic rings. The molecule has 0 unspecified atom stereocenters. The van der Waals surface area contributed by atoms with E-state index in [9.17, 15) is 13.2 Å². The lowest BCUT2D eigenvalue weighted by molar-refractivity contribution is 0.138. The molecule has 3 N–H and O–H groups in total. The first kappa shape index (κ1) is 82.2. The fraction of sp³-hybridized carbons (Fsp3) is 0.135. The Kier molecular flexibility index (Phi) is 23.0. The van der Waals surface area contributed by atoms with Gasteiger partial charge in [-0.3, -0.25) is 19.9 Å². The van der Waals surface area contributed by atoms with Crippen molar-refractivity contribution in [1.29, 1.82) is 0 Å². The van der Waals surface area contributed by atoms with Crippen molar-refractivity contribution < 1.29 is 41.6 Å². The number of aromatic nitrogens is 23. The number of nitrogens with zero attached hydrogens (tertiary/aromatic N) is 23. The number of ether oxygens (including phenoxy) is 6. The van der Waals surface area contributed by atoms with E-state index in [2.05, 4.69) is 127 Å². The van der Waals surface area contributed by atoms with Crippen LogP contribution in [0.5, 0.6) is 34.5 Å². The number of fused-ring (bicyclic) bond motifs is 9. The topological polar surface area (TPSA) is 354 Å². The van der Waals surface area contributed by atoms with Gasteiger partial charge in [-0.1, -0.05) is 40.9 Å². The van der Waals surface area contributed by atoms with Crippen LogP contribution in [0.15, 0.2) is 225 Å². The summed E-state index contributed by atoms with van der Waals surface area (Å²) in [5.74, 6) is 4.90. The van der Waals surface area contributed by atoms with Crippen LogP contribution in [0, 0.1) is 17.5 Å². The normalized spacial score (nSPS) is 12.0. The highest BCUT2D eigenvalue weighted by atomic mass is 35.5. The molecule has 0 aliphatic carbocycles. The Morgan fingerprint density at radius 1 is 0.378 bits per heavy atom. The maximum atomic E-state index is 13.8. The third kappa shape index (κ3) is 18.0. The van der Waals surface area contributed by atoms with Crippen molar-refractivity contribution >= 4 is 118 Å². The number of rotatable bonds is 20. The Hall–Kier alpha value is -15.8. The summed E-state index contributed by atoms with van der Waals surface area (Å²) in [5, 5.41) is 64.3. The van der Waals surface area contributed by atoms with Crippen molar-refractivity contribution in [3.63, 3.8) is 0 Å². The van der Waals surface area contributed by atoms with Gasteiger partial charge in [-0.25, -0.2) is 28.1 Å². The van der Waals surface area contributed by atoms with Crippen LogP contribution in [0.4, 0.5) is 30.2 Å². The van der Waals surface area contributed by atoms with Gasteiger partial charge >= 0.3 is 0 Å². The van der Waals surface area contributed by atoms with Gasteiger partial charge in [0.1, 0.15) is 80.7 Å². The number of pyridine rings is 7. The molecule has 0 atom stereocenters. The average Bonchev–Trinajstić information content (AvgIpc) is 1.63. The minimum Gasteiger partial charge on any atom is -0.497 e. The van der Waals surface area contributed by atoms with Gasteiger partial charge in [0.25, 0.3) is 0 Å².